The van der Waals surface area contributed by atoms with Crippen LogP contribution < -0.4 is 10.1 Å². The Morgan fingerprint density at radius 3 is 2.38 bits per heavy atom. The number of pyridine rings is 1. The predicted octanol–water partition coefficient (Wildman–Crippen LogP) is 3.34. The lowest BCUT2D eigenvalue weighted by molar-refractivity contribution is -0.154. The minimum Gasteiger partial charge on any atom is -0.508 e. The lowest BCUT2D eigenvalue weighted by atomic mass is 10.2. The third-order valence-electron chi connectivity index (χ3n) is 2.55. The van der Waals surface area contributed by atoms with Gasteiger partial charge in [0.15, 0.2) is 6.61 Å². The number of phenols is 1. The number of ether oxygens (including phenoxy) is 1. The summed E-state index contributed by atoms with van der Waals surface area (Å²) in [6.07, 6.45) is -2.98. The third kappa shape index (κ3) is 5.21. The van der Waals surface area contributed by atoms with Gasteiger partial charge < -0.3 is 15.2 Å². The van der Waals surface area contributed by atoms with Gasteiger partial charge in [-0.05, 0) is 23.8 Å². The highest BCUT2D eigenvalue weighted by molar-refractivity contribution is 5.43. The third-order valence-corrected chi connectivity index (χ3v) is 2.55. The molecule has 1 aromatic heterocycles. The monoisotopic (exact) mass is 298 g/mol. The van der Waals surface area contributed by atoms with E-state index in [-0.39, 0.29) is 11.6 Å². The molecule has 0 atom stereocenters. The number of nitrogens with one attached hydrogen (secondary N) is 1. The summed E-state index contributed by atoms with van der Waals surface area (Å²) in [5.74, 6) is 0.106. The molecule has 1 aromatic carbocycles. The number of halogens is 3. The minimum absolute atomic E-state index is 0.0810. The van der Waals surface area contributed by atoms with E-state index in [1.54, 1.807) is 30.3 Å². The first-order chi connectivity index (χ1) is 9.92. The van der Waals surface area contributed by atoms with Crippen LogP contribution in [0.1, 0.15) is 5.56 Å². The SMILES string of the molecule is Oc1ccc(CNc2ccc(OCC(F)(F)F)nc2)cc1. The molecule has 2 rings (SSSR count). The van der Waals surface area contributed by atoms with E-state index in [1.165, 1.54) is 12.3 Å². The standard InChI is InChI=1S/C14H13F3N2O2/c15-14(16,17)9-21-13-6-3-11(8-19-13)18-7-10-1-4-12(20)5-2-10/h1-6,8,18,20H,7,9H2. The van der Waals surface area contributed by atoms with Crippen LogP contribution in [0, 0.1) is 0 Å². The molecular formula is C14H13F3N2O2. The number of nitrogens with zero attached hydrogens (tertiary/aromatic N) is 1. The number of alkyl halides is 3. The van der Waals surface area contributed by atoms with Crippen LogP contribution in [0.3, 0.4) is 0 Å². The molecule has 2 aromatic rings. The number of hydrogen-bond donors (Lipinski definition) is 2. The predicted molar refractivity (Wildman–Crippen MR) is 71.2 cm³/mol. The molecule has 1 heterocycles. The van der Waals surface area contributed by atoms with Crippen molar-refractivity contribution in [3.8, 4) is 11.6 Å². The Labute approximate surface area is 119 Å². The number of phenolic OH excluding ortho intramolecular Hbond substituents is 1. The summed E-state index contributed by atoms with van der Waals surface area (Å²) in [6.45, 7) is -0.856. The zero-order chi connectivity index (χ0) is 15.3. The van der Waals surface area contributed by atoms with E-state index in [9.17, 15) is 13.2 Å². The maximum Gasteiger partial charge on any atom is 0.422 e. The van der Waals surface area contributed by atoms with Gasteiger partial charge in [0.1, 0.15) is 5.75 Å². The smallest absolute Gasteiger partial charge is 0.422 e. The normalized spacial score (nSPS) is 11.2. The van der Waals surface area contributed by atoms with Crippen LogP contribution in [-0.2, 0) is 6.54 Å². The minimum atomic E-state index is -4.38. The quantitative estimate of drug-likeness (QED) is 0.889. The molecule has 0 bridgehead atoms. The maximum absolute atomic E-state index is 12.0. The Balaban J connectivity index is 1.86. The average Bonchev–Trinajstić information content (AvgIpc) is 2.45. The summed E-state index contributed by atoms with van der Waals surface area (Å²) >= 11 is 0. The summed E-state index contributed by atoms with van der Waals surface area (Å²) in [6, 6.07) is 9.61. The molecule has 0 spiro atoms. The van der Waals surface area contributed by atoms with Crippen molar-refractivity contribution in [2.75, 3.05) is 11.9 Å². The van der Waals surface area contributed by atoms with Gasteiger partial charge >= 0.3 is 6.18 Å². The second-order valence-corrected chi connectivity index (χ2v) is 4.31. The lowest BCUT2D eigenvalue weighted by Gasteiger charge is -2.09. The van der Waals surface area contributed by atoms with E-state index < -0.39 is 12.8 Å². The molecule has 2 N–H and O–H groups in total. The molecule has 0 aliphatic rings. The second-order valence-electron chi connectivity index (χ2n) is 4.31. The first-order valence-electron chi connectivity index (χ1n) is 6.10. The summed E-state index contributed by atoms with van der Waals surface area (Å²) in [5, 5.41) is 12.2. The van der Waals surface area contributed by atoms with E-state index >= 15 is 0 Å². The average molecular weight is 298 g/mol. The van der Waals surface area contributed by atoms with E-state index in [2.05, 4.69) is 15.0 Å². The van der Waals surface area contributed by atoms with Crippen molar-refractivity contribution in [2.45, 2.75) is 12.7 Å². The fraction of sp³-hybridized carbons (Fsp3) is 0.214. The van der Waals surface area contributed by atoms with Crippen LogP contribution in [-0.4, -0.2) is 22.9 Å². The maximum atomic E-state index is 12.0. The number of aromatic nitrogens is 1. The van der Waals surface area contributed by atoms with Crippen LogP contribution >= 0.6 is 0 Å². The lowest BCUT2D eigenvalue weighted by Crippen LogP contribution is -2.19. The molecule has 0 amide bonds. The molecule has 0 aliphatic carbocycles. The van der Waals surface area contributed by atoms with E-state index in [4.69, 9.17) is 5.11 Å². The van der Waals surface area contributed by atoms with Crippen molar-refractivity contribution in [2.24, 2.45) is 0 Å². The number of hydrogen-bond acceptors (Lipinski definition) is 4. The number of rotatable bonds is 5. The molecule has 7 heteroatoms. The summed E-state index contributed by atoms with van der Waals surface area (Å²) < 4.78 is 40.4. The van der Waals surface area contributed by atoms with Gasteiger partial charge in [-0.25, -0.2) is 4.98 Å². The van der Waals surface area contributed by atoms with E-state index in [0.717, 1.165) is 5.56 Å². The largest absolute Gasteiger partial charge is 0.508 e. The van der Waals surface area contributed by atoms with Gasteiger partial charge in [-0.3, -0.25) is 0 Å². The summed E-state index contributed by atoms with van der Waals surface area (Å²) in [4.78, 5) is 3.78. The molecule has 4 nitrogen and oxygen atoms in total. The summed E-state index contributed by atoms with van der Waals surface area (Å²) in [5.41, 5.74) is 1.60. The van der Waals surface area contributed by atoms with E-state index in [1.807, 2.05) is 0 Å². The van der Waals surface area contributed by atoms with Gasteiger partial charge in [0.2, 0.25) is 5.88 Å². The molecule has 0 radical (unpaired) electrons. The Morgan fingerprint density at radius 1 is 1.10 bits per heavy atom. The van der Waals surface area contributed by atoms with Crippen molar-refractivity contribution in [3.63, 3.8) is 0 Å². The van der Waals surface area contributed by atoms with Gasteiger partial charge in [-0.1, -0.05) is 12.1 Å². The molecule has 0 saturated heterocycles. The van der Waals surface area contributed by atoms with Gasteiger partial charge in [-0.2, -0.15) is 13.2 Å². The number of aromatic hydroxyl groups is 1. The zero-order valence-corrected chi connectivity index (χ0v) is 10.9. The fourth-order valence-electron chi connectivity index (χ4n) is 1.54. The molecule has 0 saturated carbocycles. The van der Waals surface area contributed by atoms with Crippen molar-refractivity contribution in [1.82, 2.24) is 4.98 Å². The number of benzene rings is 1. The first kappa shape index (κ1) is 15.0. The Hall–Kier alpha value is -2.44. The first-order valence-corrected chi connectivity index (χ1v) is 6.10. The van der Waals surface area contributed by atoms with Gasteiger partial charge in [0.05, 0.1) is 11.9 Å². The second kappa shape index (κ2) is 6.34. The molecule has 0 aliphatic heterocycles. The van der Waals surface area contributed by atoms with E-state index in [0.29, 0.717) is 12.2 Å². The van der Waals surface area contributed by atoms with Gasteiger partial charge in [-0.15, -0.1) is 0 Å². The topological polar surface area (TPSA) is 54.4 Å². The van der Waals surface area contributed by atoms with Crippen molar-refractivity contribution >= 4 is 5.69 Å². The van der Waals surface area contributed by atoms with Crippen molar-refractivity contribution in [1.29, 1.82) is 0 Å². The Morgan fingerprint density at radius 2 is 1.81 bits per heavy atom. The van der Waals surface area contributed by atoms with Crippen LogP contribution in [0.2, 0.25) is 0 Å². The zero-order valence-electron chi connectivity index (χ0n) is 10.9. The Kier molecular flexibility index (Phi) is 4.52. The molecule has 0 unspecified atom stereocenters. The molecular weight excluding hydrogens is 285 g/mol. The summed E-state index contributed by atoms with van der Waals surface area (Å²) in [7, 11) is 0. The Bertz CT molecular complexity index is 568. The van der Waals surface area contributed by atoms with Crippen LogP contribution in [0.5, 0.6) is 11.6 Å². The van der Waals surface area contributed by atoms with Gasteiger partial charge in [0, 0.05) is 12.6 Å². The van der Waals surface area contributed by atoms with Crippen LogP contribution in [0.4, 0.5) is 18.9 Å². The fourth-order valence-corrected chi connectivity index (χ4v) is 1.54. The number of anilines is 1. The molecule has 112 valence electrons. The highest BCUT2D eigenvalue weighted by atomic mass is 19.4. The van der Waals surface area contributed by atoms with Gasteiger partial charge in [0.25, 0.3) is 0 Å². The molecule has 21 heavy (non-hydrogen) atoms. The van der Waals surface area contributed by atoms with Crippen LogP contribution in [0.15, 0.2) is 42.6 Å². The molecule has 0 fully saturated rings. The van der Waals surface area contributed by atoms with Crippen molar-refractivity contribution < 1.29 is 23.0 Å². The highest BCUT2D eigenvalue weighted by Crippen LogP contribution is 2.18. The van der Waals surface area contributed by atoms with Crippen molar-refractivity contribution in [3.05, 3.63) is 48.2 Å². The van der Waals surface area contributed by atoms with Crippen LogP contribution in [0.25, 0.3) is 0 Å². The highest BCUT2D eigenvalue weighted by Gasteiger charge is 2.28.